The fourth-order valence-electron chi connectivity index (χ4n) is 0.337. The lowest BCUT2D eigenvalue weighted by Crippen LogP contribution is -1.98. The predicted octanol–water partition coefficient (Wildman–Crippen LogP) is -0.494. The lowest BCUT2D eigenvalue weighted by Gasteiger charge is -1.83. The summed E-state index contributed by atoms with van der Waals surface area (Å²) in [4.78, 5) is 19.4. The van der Waals surface area contributed by atoms with Crippen LogP contribution < -0.4 is 0 Å². The summed E-state index contributed by atoms with van der Waals surface area (Å²) in [5, 5.41) is 8.02. The van der Waals surface area contributed by atoms with Gasteiger partial charge in [-0.05, 0) is 0 Å². The first-order valence-corrected chi connectivity index (χ1v) is 2.43. The fourth-order valence-corrected chi connectivity index (χ4v) is 0.337. The molecular weight excluding hydrogens is 107 g/mol. The molecule has 0 saturated heterocycles. The van der Waals surface area contributed by atoms with E-state index in [9.17, 15) is 9.59 Å². The van der Waals surface area contributed by atoms with Crippen molar-refractivity contribution in [1.29, 1.82) is 0 Å². The predicted molar refractivity (Wildman–Crippen MR) is 31.0 cm³/mol. The van der Waals surface area contributed by atoms with Crippen LogP contribution in [0.15, 0.2) is 0 Å². The van der Waals surface area contributed by atoms with E-state index in [1.165, 1.54) is 0 Å². The number of rotatable bonds is 4. The zero-order valence-electron chi connectivity index (χ0n) is 4.46. The Morgan fingerprint density at radius 3 is 2.75 bits per heavy atom. The molecule has 0 aromatic carbocycles. The molecule has 0 fully saturated rings. The summed E-state index contributed by atoms with van der Waals surface area (Å²) in [7, 11) is 0.353. The summed E-state index contributed by atoms with van der Waals surface area (Å²) >= 11 is 0. The quantitative estimate of drug-likeness (QED) is 0.304. The Kier molecular flexibility index (Phi) is 3.93. The minimum absolute atomic E-state index is 0.0960. The van der Waals surface area contributed by atoms with Crippen molar-refractivity contribution in [2.45, 2.75) is 12.7 Å². The van der Waals surface area contributed by atoms with Crippen LogP contribution in [0.1, 0.15) is 6.42 Å². The van der Waals surface area contributed by atoms with Gasteiger partial charge in [-0.1, -0.05) is 6.32 Å². The molecule has 0 aromatic rings. The van der Waals surface area contributed by atoms with Crippen molar-refractivity contribution in [3.63, 3.8) is 0 Å². The molecule has 0 heterocycles. The average molecular weight is 114 g/mol. The molecule has 3 nitrogen and oxygen atoms in total. The zero-order valence-corrected chi connectivity index (χ0v) is 4.46. The van der Waals surface area contributed by atoms with Crippen molar-refractivity contribution < 1.29 is 14.7 Å². The van der Waals surface area contributed by atoms with E-state index in [1.807, 2.05) is 0 Å². The van der Waals surface area contributed by atoms with E-state index in [0.717, 1.165) is 6.19 Å². The summed E-state index contributed by atoms with van der Waals surface area (Å²) in [6.45, 7) is 0. The van der Waals surface area contributed by atoms with Crippen LogP contribution in [0.5, 0.6) is 0 Å². The molecule has 0 unspecified atom stereocenters. The standard InChI is InChI=1S/C4H7BO3/c6-3-5-2-1-4(7)8/h3,5H,1-2H2,(H,7,8). The molecular formula is C4H7BO3. The molecule has 0 atom stereocenters. The second kappa shape index (κ2) is 4.37. The van der Waals surface area contributed by atoms with E-state index < -0.39 is 5.97 Å². The second-order valence-electron chi connectivity index (χ2n) is 1.45. The summed E-state index contributed by atoms with van der Waals surface area (Å²) in [5.41, 5.74) is 0. The van der Waals surface area contributed by atoms with Crippen LogP contribution in [-0.2, 0) is 9.59 Å². The molecule has 0 aliphatic rings. The van der Waals surface area contributed by atoms with E-state index in [4.69, 9.17) is 5.11 Å². The van der Waals surface area contributed by atoms with Crippen LogP contribution in [0, 0.1) is 0 Å². The highest BCUT2D eigenvalue weighted by Crippen LogP contribution is 1.84. The Labute approximate surface area is 47.9 Å². The fraction of sp³-hybridized carbons (Fsp3) is 0.500. The number of carboxylic acid groups (broad SMARTS) is 1. The Balaban J connectivity index is 2.93. The maximum absolute atomic E-state index is 9.76. The maximum atomic E-state index is 9.76. The Morgan fingerprint density at radius 2 is 2.38 bits per heavy atom. The van der Waals surface area contributed by atoms with Crippen molar-refractivity contribution in [2.24, 2.45) is 0 Å². The highest BCUT2D eigenvalue weighted by atomic mass is 16.4. The second-order valence-corrected chi connectivity index (χ2v) is 1.45. The van der Waals surface area contributed by atoms with Gasteiger partial charge in [0.2, 0.25) is 7.28 Å². The Bertz CT molecular complexity index is 91.3. The molecule has 0 aliphatic carbocycles. The van der Waals surface area contributed by atoms with Gasteiger partial charge in [-0.3, -0.25) is 4.79 Å². The van der Waals surface area contributed by atoms with Gasteiger partial charge >= 0.3 is 5.97 Å². The number of hydrogen-bond donors (Lipinski definition) is 1. The largest absolute Gasteiger partial charge is 0.481 e. The van der Waals surface area contributed by atoms with E-state index >= 15 is 0 Å². The van der Waals surface area contributed by atoms with Gasteiger partial charge in [0.25, 0.3) is 0 Å². The third-order valence-electron chi connectivity index (χ3n) is 0.713. The van der Waals surface area contributed by atoms with Gasteiger partial charge in [0.1, 0.15) is 0 Å². The minimum atomic E-state index is -0.841. The minimum Gasteiger partial charge on any atom is -0.481 e. The molecule has 0 aliphatic heterocycles. The van der Waals surface area contributed by atoms with E-state index in [1.54, 1.807) is 0 Å². The molecule has 0 saturated carbocycles. The van der Waals surface area contributed by atoms with Gasteiger partial charge in [-0.2, -0.15) is 0 Å². The van der Waals surface area contributed by atoms with Crippen LogP contribution in [0.4, 0.5) is 0 Å². The summed E-state index contributed by atoms with van der Waals surface area (Å²) in [6, 6.07) is 0. The molecule has 0 bridgehead atoms. The van der Waals surface area contributed by atoms with Crippen molar-refractivity contribution in [3.05, 3.63) is 0 Å². The first-order chi connectivity index (χ1) is 3.77. The molecule has 4 heteroatoms. The topological polar surface area (TPSA) is 54.4 Å². The first-order valence-electron chi connectivity index (χ1n) is 2.43. The zero-order chi connectivity index (χ0) is 6.41. The molecule has 0 rings (SSSR count). The lowest BCUT2D eigenvalue weighted by atomic mass is 9.76. The maximum Gasteiger partial charge on any atom is 0.302 e. The van der Waals surface area contributed by atoms with Crippen molar-refractivity contribution in [2.75, 3.05) is 0 Å². The monoisotopic (exact) mass is 114 g/mol. The van der Waals surface area contributed by atoms with Gasteiger partial charge in [-0.15, -0.1) is 0 Å². The normalized spacial score (nSPS) is 8.00. The lowest BCUT2D eigenvalue weighted by molar-refractivity contribution is -0.136. The number of aliphatic carboxylic acids is 1. The molecule has 44 valence electrons. The van der Waals surface area contributed by atoms with Crippen molar-refractivity contribution >= 4 is 19.4 Å². The molecule has 0 amide bonds. The smallest absolute Gasteiger partial charge is 0.302 e. The van der Waals surface area contributed by atoms with E-state index in [-0.39, 0.29) is 6.42 Å². The van der Waals surface area contributed by atoms with Crippen LogP contribution >= 0.6 is 0 Å². The number of carbonyl (C=O) groups is 2. The van der Waals surface area contributed by atoms with Crippen LogP contribution in [-0.4, -0.2) is 24.5 Å². The van der Waals surface area contributed by atoms with E-state index in [2.05, 4.69) is 0 Å². The average Bonchev–Trinajstić information content (AvgIpc) is 1.66. The van der Waals surface area contributed by atoms with Crippen LogP contribution in [0.25, 0.3) is 0 Å². The number of carboxylic acids is 1. The van der Waals surface area contributed by atoms with Gasteiger partial charge in [0.05, 0.1) is 6.19 Å². The molecule has 0 spiro atoms. The summed E-state index contributed by atoms with van der Waals surface area (Å²) in [6.07, 6.45) is 1.28. The highest BCUT2D eigenvalue weighted by Gasteiger charge is 1.94. The van der Waals surface area contributed by atoms with Gasteiger partial charge in [0, 0.05) is 6.42 Å². The molecule has 1 N–H and O–H groups in total. The van der Waals surface area contributed by atoms with Crippen molar-refractivity contribution in [1.82, 2.24) is 0 Å². The van der Waals surface area contributed by atoms with Crippen molar-refractivity contribution in [3.8, 4) is 0 Å². The highest BCUT2D eigenvalue weighted by molar-refractivity contribution is 6.66. The third-order valence-corrected chi connectivity index (χ3v) is 0.713. The molecule has 0 aromatic heterocycles. The van der Waals surface area contributed by atoms with Crippen LogP contribution in [0.2, 0.25) is 6.32 Å². The number of carbonyl (C=O) groups excluding carboxylic acids is 1. The van der Waals surface area contributed by atoms with Gasteiger partial charge in [-0.25, -0.2) is 0 Å². The SMILES string of the molecule is O=CBCCC(=O)O. The van der Waals surface area contributed by atoms with Gasteiger partial charge in [0.15, 0.2) is 0 Å². The molecule has 0 radical (unpaired) electrons. The number of hydrogen-bond acceptors (Lipinski definition) is 2. The van der Waals surface area contributed by atoms with Gasteiger partial charge < -0.3 is 9.90 Å². The van der Waals surface area contributed by atoms with Crippen LogP contribution in [0.3, 0.4) is 0 Å². The summed E-state index contributed by atoms with van der Waals surface area (Å²) < 4.78 is 0. The third kappa shape index (κ3) is 5.20. The summed E-state index contributed by atoms with van der Waals surface area (Å²) in [5.74, 6) is -0.841. The molecule has 8 heavy (non-hydrogen) atoms. The Morgan fingerprint density at radius 1 is 1.75 bits per heavy atom. The Hall–Kier alpha value is -0.795. The first kappa shape index (κ1) is 7.20. The van der Waals surface area contributed by atoms with E-state index in [0.29, 0.717) is 13.6 Å².